The first-order chi connectivity index (χ1) is 25.2. The Labute approximate surface area is 299 Å². The maximum absolute atomic E-state index is 13.8. The third-order valence-electron chi connectivity index (χ3n) is 9.15. The molecule has 0 spiro atoms. The van der Waals surface area contributed by atoms with Crippen LogP contribution in [0.3, 0.4) is 0 Å². The van der Waals surface area contributed by atoms with Crippen LogP contribution < -0.4 is 10.2 Å². The van der Waals surface area contributed by atoms with Crippen molar-refractivity contribution in [2.45, 2.75) is 54.9 Å². The Morgan fingerprint density at radius 3 is 2.26 bits per heavy atom. The maximum atomic E-state index is 13.8. The monoisotopic (exact) mass is 740 g/mol. The third-order valence-corrected chi connectivity index (χ3v) is 9.15. The van der Waals surface area contributed by atoms with Crippen LogP contribution in [0, 0.1) is 0 Å². The molecule has 10 N–H and O–H groups in total. The van der Waals surface area contributed by atoms with Gasteiger partial charge in [-0.15, -0.1) is 0 Å². The molecule has 2 saturated heterocycles. The van der Waals surface area contributed by atoms with Crippen molar-refractivity contribution in [3.8, 4) is 40.1 Å². The van der Waals surface area contributed by atoms with Crippen molar-refractivity contribution in [2.24, 2.45) is 0 Å². The molecule has 2 aliphatic heterocycles. The van der Waals surface area contributed by atoms with E-state index in [1.54, 1.807) is 0 Å². The number of carbonyl (C=O) groups is 1. The highest BCUT2D eigenvalue weighted by Gasteiger charge is 2.50. The summed E-state index contributed by atoms with van der Waals surface area (Å²) in [5, 5.41) is 106. The second-order valence-electron chi connectivity index (χ2n) is 12.5. The van der Waals surface area contributed by atoms with Crippen LogP contribution in [0.1, 0.15) is 28.9 Å². The average molecular weight is 741 g/mol. The minimum atomic E-state index is -2.02. The minimum Gasteiger partial charge on any atom is -0.508 e. The normalized spacial score (nSPS) is 27.6. The van der Waals surface area contributed by atoms with Gasteiger partial charge in [-0.05, 0) is 48.0 Å². The zero-order valence-electron chi connectivity index (χ0n) is 27.7. The molecule has 9 atom stereocenters. The lowest BCUT2D eigenvalue weighted by molar-refractivity contribution is -0.239. The topological polar surface area (TPSA) is 286 Å². The molecule has 0 aliphatic carbocycles. The SMILES string of the molecule is COc1cc(/C=C/C(=O)OC2[C@@H](O)[C@H](O)C(CO)O[C@H]2c2c(O)c([C@@H]3OC[C@H](O)[C@H](O)C3O)c(O)c3c(=O)cc(-c4ccc(O)cc4)oc23)ccc1O. The summed E-state index contributed by atoms with van der Waals surface area (Å²) in [6.45, 7) is -1.49. The number of ether oxygens (including phenoxy) is 4. The van der Waals surface area contributed by atoms with E-state index in [0.717, 1.165) is 12.1 Å². The molecule has 4 aromatic rings. The zero-order valence-corrected chi connectivity index (χ0v) is 27.7. The fourth-order valence-electron chi connectivity index (χ4n) is 6.36. The van der Waals surface area contributed by atoms with E-state index in [0.29, 0.717) is 5.56 Å². The first-order valence-electron chi connectivity index (χ1n) is 16.1. The molecule has 2 aliphatic rings. The number of benzene rings is 3. The molecule has 2 fully saturated rings. The molecule has 0 radical (unpaired) electrons. The van der Waals surface area contributed by atoms with Crippen molar-refractivity contribution in [1.29, 1.82) is 0 Å². The highest BCUT2D eigenvalue weighted by Crippen LogP contribution is 2.51. The van der Waals surface area contributed by atoms with Gasteiger partial charge in [0.15, 0.2) is 28.6 Å². The summed E-state index contributed by atoms with van der Waals surface area (Å²) in [6, 6.07) is 10.5. The van der Waals surface area contributed by atoms with Crippen molar-refractivity contribution in [3.05, 3.63) is 81.5 Å². The number of hydrogen-bond donors (Lipinski definition) is 10. The molecule has 17 heteroatoms. The lowest BCUT2D eigenvalue weighted by atomic mass is 9.85. The van der Waals surface area contributed by atoms with Gasteiger partial charge in [-0.1, -0.05) is 6.07 Å². The number of phenolic OH excluding ortho intramolecular Hbond substituents is 4. The molecule has 6 rings (SSSR count). The molecular formula is C36H36O17. The van der Waals surface area contributed by atoms with Gasteiger partial charge in [0.05, 0.1) is 31.5 Å². The first kappa shape index (κ1) is 37.5. The summed E-state index contributed by atoms with van der Waals surface area (Å²) < 4.78 is 28.1. The molecule has 3 heterocycles. The Bertz CT molecular complexity index is 2080. The van der Waals surface area contributed by atoms with Crippen LogP contribution in [0.4, 0.5) is 0 Å². The largest absolute Gasteiger partial charge is 0.508 e. The van der Waals surface area contributed by atoms with Crippen LogP contribution in [-0.2, 0) is 19.0 Å². The van der Waals surface area contributed by atoms with Crippen LogP contribution >= 0.6 is 0 Å². The lowest BCUT2D eigenvalue weighted by Crippen LogP contribution is -2.56. The number of aromatic hydroxyl groups is 4. The highest BCUT2D eigenvalue weighted by molar-refractivity contribution is 5.92. The minimum absolute atomic E-state index is 0.0996. The van der Waals surface area contributed by atoms with E-state index >= 15 is 0 Å². The Morgan fingerprint density at radius 1 is 0.868 bits per heavy atom. The first-order valence-corrected chi connectivity index (χ1v) is 16.1. The van der Waals surface area contributed by atoms with Crippen LogP contribution in [0.25, 0.3) is 28.4 Å². The van der Waals surface area contributed by atoms with Gasteiger partial charge in [0, 0.05) is 17.7 Å². The van der Waals surface area contributed by atoms with Crippen LogP contribution in [0.5, 0.6) is 28.7 Å². The number of esters is 1. The third kappa shape index (κ3) is 6.99. The van der Waals surface area contributed by atoms with Gasteiger partial charge in [0.2, 0.25) is 0 Å². The van der Waals surface area contributed by atoms with E-state index in [2.05, 4.69) is 0 Å². The zero-order chi connectivity index (χ0) is 38.3. The Balaban J connectivity index is 1.54. The van der Waals surface area contributed by atoms with Gasteiger partial charge in [-0.25, -0.2) is 4.79 Å². The van der Waals surface area contributed by atoms with E-state index in [1.165, 1.54) is 55.7 Å². The van der Waals surface area contributed by atoms with Gasteiger partial charge in [0.25, 0.3) is 0 Å². The van der Waals surface area contributed by atoms with Gasteiger partial charge >= 0.3 is 5.97 Å². The van der Waals surface area contributed by atoms with Crippen molar-refractivity contribution in [2.75, 3.05) is 20.3 Å². The fraction of sp³-hybridized carbons (Fsp3) is 0.333. The molecule has 0 saturated carbocycles. The number of carbonyl (C=O) groups excluding carboxylic acids is 1. The Hall–Kier alpha value is -5.24. The number of hydrogen-bond acceptors (Lipinski definition) is 17. The number of phenols is 4. The van der Waals surface area contributed by atoms with Gasteiger partial charge in [0.1, 0.15) is 77.2 Å². The summed E-state index contributed by atoms with van der Waals surface area (Å²) in [5.74, 6) is -3.41. The highest BCUT2D eigenvalue weighted by atomic mass is 16.6. The molecule has 0 bridgehead atoms. The molecule has 282 valence electrons. The second-order valence-corrected chi connectivity index (χ2v) is 12.5. The van der Waals surface area contributed by atoms with Gasteiger partial charge in [-0.3, -0.25) is 4.79 Å². The van der Waals surface area contributed by atoms with Crippen LogP contribution in [0.2, 0.25) is 0 Å². The smallest absolute Gasteiger partial charge is 0.331 e. The van der Waals surface area contributed by atoms with E-state index in [1.807, 2.05) is 0 Å². The molecule has 3 unspecified atom stereocenters. The molecule has 17 nitrogen and oxygen atoms in total. The quantitative estimate of drug-likeness (QED) is 0.0854. The summed E-state index contributed by atoms with van der Waals surface area (Å²) in [4.78, 5) is 27.0. The number of rotatable bonds is 8. The van der Waals surface area contributed by atoms with Crippen LogP contribution in [-0.4, -0.2) is 120 Å². The predicted octanol–water partition coefficient (Wildman–Crippen LogP) is 0.224. The molecule has 1 aromatic heterocycles. The molecule has 3 aromatic carbocycles. The number of aliphatic hydroxyl groups is 6. The fourth-order valence-corrected chi connectivity index (χ4v) is 6.36. The Kier molecular flexibility index (Phi) is 10.6. The van der Waals surface area contributed by atoms with Crippen molar-refractivity contribution in [3.63, 3.8) is 0 Å². The molecular weight excluding hydrogens is 704 g/mol. The maximum Gasteiger partial charge on any atom is 0.331 e. The van der Waals surface area contributed by atoms with Crippen LogP contribution in [0.15, 0.2) is 63.8 Å². The molecule has 0 amide bonds. The Morgan fingerprint density at radius 2 is 1.58 bits per heavy atom. The number of methoxy groups -OCH3 is 1. The molecule has 53 heavy (non-hydrogen) atoms. The van der Waals surface area contributed by atoms with Crippen molar-refractivity contribution < 1.29 is 79.2 Å². The predicted molar refractivity (Wildman–Crippen MR) is 180 cm³/mol. The second kappa shape index (κ2) is 15.0. The average Bonchev–Trinajstić information content (AvgIpc) is 3.13. The number of aliphatic hydroxyl groups excluding tert-OH is 6. The number of fused-ring (bicyclic) bond motifs is 1. The van der Waals surface area contributed by atoms with E-state index in [-0.39, 0.29) is 28.6 Å². The summed E-state index contributed by atoms with van der Waals surface area (Å²) >= 11 is 0. The lowest BCUT2D eigenvalue weighted by Gasteiger charge is -2.42. The van der Waals surface area contributed by atoms with Crippen molar-refractivity contribution in [1.82, 2.24) is 0 Å². The summed E-state index contributed by atoms with van der Waals surface area (Å²) in [5.41, 5.74) is -2.13. The van der Waals surface area contributed by atoms with Gasteiger partial charge < -0.3 is 74.4 Å². The van der Waals surface area contributed by atoms with Gasteiger partial charge in [-0.2, -0.15) is 0 Å². The summed E-state index contributed by atoms with van der Waals surface area (Å²) in [7, 11) is 1.32. The summed E-state index contributed by atoms with van der Waals surface area (Å²) in [6.07, 6.45) is -14.3. The standard InChI is InChI=1S/C36H36O17/c1-49-21-10-14(2-8-17(21)39)3-9-23(42)53-36-32(48)28(44)22(12-37)52-35(36)26-30(46)25(34-31(47)27(43)19(41)13-50-34)29(45)24-18(40)11-20(51-33(24)26)15-4-6-16(38)7-5-15/h2-11,19,22,27-28,31-32,34-39,41,43-48H,12-13H2,1H3/b9-3+/t19-,22?,27-,28+,31?,32-,34-,35-,36?/m0/s1. The van der Waals surface area contributed by atoms with Crippen molar-refractivity contribution >= 4 is 23.0 Å². The van der Waals surface area contributed by atoms with E-state index in [4.69, 9.17) is 23.4 Å². The van der Waals surface area contributed by atoms with E-state index in [9.17, 15) is 60.7 Å². The van der Waals surface area contributed by atoms with E-state index < -0.39 is 113 Å².